The number of aromatic nitrogens is 4. The summed E-state index contributed by atoms with van der Waals surface area (Å²) in [4.78, 5) is 27.2. The van der Waals surface area contributed by atoms with E-state index in [1.807, 2.05) is 31.1 Å². The third-order valence-corrected chi connectivity index (χ3v) is 5.60. The van der Waals surface area contributed by atoms with Gasteiger partial charge < -0.3 is 19.9 Å². The van der Waals surface area contributed by atoms with Gasteiger partial charge in [-0.15, -0.1) is 21.5 Å². The summed E-state index contributed by atoms with van der Waals surface area (Å²) in [6.07, 6.45) is 8.91. The first-order valence-electron chi connectivity index (χ1n) is 9.44. The van der Waals surface area contributed by atoms with Crippen LogP contribution in [0.1, 0.15) is 41.5 Å². The number of nitrogens with one attached hydrogen (secondary N) is 1. The van der Waals surface area contributed by atoms with Gasteiger partial charge >= 0.3 is 6.03 Å². The van der Waals surface area contributed by atoms with Crippen molar-refractivity contribution >= 4 is 23.8 Å². The summed E-state index contributed by atoms with van der Waals surface area (Å²) < 4.78 is 2.16. The van der Waals surface area contributed by atoms with Crippen molar-refractivity contribution in [1.29, 1.82) is 0 Å². The molecule has 0 saturated carbocycles. The van der Waals surface area contributed by atoms with E-state index in [9.17, 15) is 4.79 Å². The third kappa shape index (κ3) is 6.59. The number of nitrogens with zero attached hydrogens (tertiary/aromatic N) is 5. The summed E-state index contributed by atoms with van der Waals surface area (Å²) in [5.74, 6) is 1.03. The van der Waals surface area contributed by atoms with Gasteiger partial charge in [-0.05, 0) is 39.5 Å². The van der Waals surface area contributed by atoms with Gasteiger partial charge in [0, 0.05) is 44.5 Å². The molecular weight excluding hydrogens is 380 g/mol. The molecule has 0 bridgehead atoms. The molecule has 0 aliphatic carbocycles. The molecular formula is C18H28N6O3S. The summed E-state index contributed by atoms with van der Waals surface area (Å²) in [5, 5.41) is 20.0. The van der Waals surface area contributed by atoms with Crippen molar-refractivity contribution in [3.05, 3.63) is 28.2 Å². The zero-order valence-corrected chi connectivity index (χ0v) is 17.2. The molecule has 2 aromatic heterocycles. The Morgan fingerprint density at radius 3 is 2.82 bits per heavy atom. The normalized spacial score (nSPS) is 16.2. The molecule has 0 aromatic carbocycles. The first-order chi connectivity index (χ1) is 13.5. The van der Waals surface area contributed by atoms with Crippen LogP contribution in [-0.2, 0) is 17.8 Å². The predicted molar refractivity (Wildman–Crippen MR) is 106 cm³/mol. The zero-order chi connectivity index (χ0) is 20.4. The maximum atomic E-state index is 12.6. The lowest BCUT2D eigenvalue weighted by Gasteiger charge is -2.36. The Morgan fingerprint density at radius 1 is 1.39 bits per heavy atom. The second-order valence-corrected chi connectivity index (χ2v) is 7.87. The number of carboxylic acid groups (broad SMARTS) is 1. The molecule has 1 fully saturated rings. The number of likely N-dealkylation sites (tertiary alicyclic amines) is 1. The number of aryl methyl sites for hydroxylation is 3. The highest BCUT2D eigenvalue weighted by Crippen LogP contribution is 2.20. The fourth-order valence-corrected chi connectivity index (χ4v) is 4.02. The number of urea groups is 1. The largest absolute Gasteiger partial charge is 0.483 e. The molecule has 3 rings (SSSR count). The summed E-state index contributed by atoms with van der Waals surface area (Å²) in [7, 11) is 0. The zero-order valence-electron chi connectivity index (χ0n) is 16.4. The van der Waals surface area contributed by atoms with Crippen LogP contribution in [0.2, 0.25) is 0 Å². The molecule has 0 radical (unpaired) electrons. The van der Waals surface area contributed by atoms with E-state index in [4.69, 9.17) is 9.90 Å². The van der Waals surface area contributed by atoms with Crippen LogP contribution in [-0.4, -0.2) is 61.4 Å². The van der Waals surface area contributed by atoms with Crippen molar-refractivity contribution in [3.8, 4) is 0 Å². The fraction of sp³-hybridized carbons (Fsp3) is 0.611. The number of rotatable bonds is 6. The van der Waals surface area contributed by atoms with Crippen LogP contribution in [0, 0.1) is 13.8 Å². The quantitative estimate of drug-likeness (QED) is 0.709. The van der Waals surface area contributed by atoms with Gasteiger partial charge in [-0.2, -0.15) is 0 Å². The van der Waals surface area contributed by atoms with Crippen LogP contribution in [0.4, 0.5) is 4.79 Å². The molecule has 2 amide bonds. The van der Waals surface area contributed by atoms with Crippen molar-refractivity contribution in [3.63, 3.8) is 0 Å². The number of carbonyl (C=O) groups is 2. The van der Waals surface area contributed by atoms with Crippen LogP contribution in [0.3, 0.4) is 0 Å². The Hall–Kier alpha value is -2.49. The summed E-state index contributed by atoms with van der Waals surface area (Å²) in [6.45, 7) is 6.07. The van der Waals surface area contributed by atoms with Gasteiger partial charge in [0.1, 0.15) is 15.8 Å². The lowest BCUT2D eigenvalue weighted by Crippen LogP contribution is -2.49. The number of hydrogen-bond donors (Lipinski definition) is 2. The van der Waals surface area contributed by atoms with Gasteiger partial charge in [-0.25, -0.2) is 9.78 Å². The van der Waals surface area contributed by atoms with Gasteiger partial charge in [0.15, 0.2) is 0 Å². The SMILES string of the molecule is Cc1nnc(CCNC(=O)N2CCCCC2CCn2ccnc2C)s1.O=CO. The minimum Gasteiger partial charge on any atom is -0.483 e. The summed E-state index contributed by atoms with van der Waals surface area (Å²) >= 11 is 1.59. The Labute approximate surface area is 168 Å². The van der Waals surface area contributed by atoms with E-state index in [0.29, 0.717) is 12.6 Å². The molecule has 28 heavy (non-hydrogen) atoms. The highest BCUT2D eigenvalue weighted by atomic mass is 32.1. The van der Waals surface area contributed by atoms with Crippen LogP contribution < -0.4 is 5.32 Å². The Balaban J connectivity index is 0.000000878. The fourth-order valence-electron chi connectivity index (χ4n) is 3.31. The topological polar surface area (TPSA) is 113 Å². The molecule has 1 aliphatic heterocycles. The number of hydrogen-bond acceptors (Lipinski definition) is 6. The lowest BCUT2D eigenvalue weighted by atomic mass is 9.99. The molecule has 1 unspecified atom stereocenters. The average molecular weight is 409 g/mol. The van der Waals surface area contributed by atoms with E-state index < -0.39 is 0 Å². The van der Waals surface area contributed by atoms with Crippen LogP contribution >= 0.6 is 11.3 Å². The second-order valence-electron chi connectivity index (χ2n) is 6.60. The number of imidazole rings is 1. The Kier molecular flexibility index (Phi) is 8.86. The molecule has 10 heteroatoms. The first kappa shape index (κ1) is 21.8. The molecule has 2 N–H and O–H groups in total. The summed E-state index contributed by atoms with van der Waals surface area (Å²) in [5.41, 5.74) is 0. The molecule has 1 saturated heterocycles. The van der Waals surface area contributed by atoms with Crippen molar-refractivity contribution in [2.24, 2.45) is 0 Å². The van der Waals surface area contributed by atoms with Crippen molar-refractivity contribution in [1.82, 2.24) is 30.0 Å². The third-order valence-electron chi connectivity index (χ3n) is 4.70. The van der Waals surface area contributed by atoms with Crippen molar-refractivity contribution in [2.75, 3.05) is 13.1 Å². The second kappa shape index (κ2) is 11.4. The minimum atomic E-state index is -0.250. The highest BCUT2D eigenvalue weighted by molar-refractivity contribution is 7.11. The smallest absolute Gasteiger partial charge is 0.317 e. The molecule has 0 spiro atoms. The van der Waals surface area contributed by atoms with Crippen LogP contribution in [0.5, 0.6) is 0 Å². The minimum absolute atomic E-state index is 0.0493. The molecule has 1 aliphatic rings. The molecule has 3 heterocycles. The molecule has 1 atom stereocenters. The molecule has 154 valence electrons. The maximum absolute atomic E-state index is 12.6. The predicted octanol–water partition coefficient (Wildman–Crippen LogP) is 2.25. The van der Waals surface area contributed by atoms with E-state index in [1.54, 1.807) is 11.3 Å². The number of amides is 2. The van der Waals surface area contributed by atoms with Crippen LogP contribution in [0.15, 0.2) is 12.4 Å². The number of carbonyl (C=O) groups excluding carboxylic acids is 1. The van der Waals surface area contributed by atoms with E-state index in [-0.39, 0.29) is 12.5 Å². The molecule has 2 aromatic rings. The number of piperidine rings is 1. The van der Waals surface area contributed by atoms with E-state index in [1.165, 1.54) is 6.42 Å². The van der Waals surface area contributed by atoms with Gasteiger partial charge in [0.05, 0.1) is 0 Å². The van der Waals surface area contributed by atoms with E-state index >= 15 is 0 Å². The average Bonchev–Trinajstić information content (AvgIpc) is 3.28. The lowest BCUT2D eigenvalue weighted by molar-refractivity contribution is -0.122. The van der Waals surface area contributed by atoms with E-state index in [0.717, 1.165) is 54.6 Å². The van der Waals surface area contributed by atoms with E-state index in [2.05, 4.69) is 25.1 Å². The Morgan fingerprint density at radius 2 is 2.18 bits per heavy atom. The van der Waals surface area contributed by atoms with Gasteiger partial charge in [0.2, 0.25) is 0 Å². The van der Waals surface area contributed by atoms with Crippen LogP contribution in [0.25, 0.3) is 0 Å². The highest BCUT2D eigenvalue weighted by Gasteiger charge is 2.26. The standard InChI is InChI=1S/C17H26N6OS.CH2O2/c1-13-18-9-12-22(13)11-7-15-5-3-4-10-23(15)17(24)19-8-6-16-21-20-14(2)25-16;2-1-3/h9,12,15H,3-8,10-11H2,1-2H3,(H,19,24);1H,(H,2,3). The molecule has 9 nitrogen and oxygen atoms in total. The van der Waals surface area contributed by atoms with Gasteiger partial charge in [-0.3, -0.25) is 4.79 Å². The first-order valence-corrected chi connectivity index (χ1v) is 10.3. The van der Waals surface area contributed by atoms with Crippen molar-refractivity contribution < 1.29 is 14.7 Å². The maximum Gasteiger partial charge on any atom is 0.317 e. The van der Waals surface area contributed by atoms with Gasteiger partial charge in [0.25, 0.3) is 6.47 Å². The summed E-state index contributed by atoms with van der Waals surface area (Å²) in [6, 6.07) is 0.354. The monoisotopic (exact) mass is 408 g/mol. The van der Waals surface area contributed by atoms with Gasteiger partial charge in [-0.1, -0.05) is 0 Å². The van der Waals surface area contributed by atoms with Crippen molar-refractivity contribution in [2.45, 2.75) is 58.5 Å². The Bertz CT molecular complexity index is 747.